The number of rotatable bonds is 8. The molecule has 0 saturated carbocycles. The van der Waals surface area contributed by atoms with Crippen LogP contribution in [0.25, 0.3) is 0 Å². The quantitative estimate of drug-likeness (QED) is 0.709. The Balaban J connectivity index is 1.67. The number of nitrogens with zero attached hydrogens (tertiary/aromatic N) is 1. The smallest absolute Gasteiger partial charge is 0.223 e. The van der Waals surface area contributed by atoms with Crippen molar-refractivity contribution >= 4 is 17.5 Å². The standard InChI is InChI=1S/C22H30N2O4/c1-15-10-11-17(23-15)22(28)19-13-12-18(20(26)14-25)24(19)21(27)9-5-8-16-6-3-2-4-7-16/h2-4,6-7,15,17-19,23,25H,5,8-14H2,1H3/t15?,17-,18-,19+/m0/s1. The third-order valence-corrected chi connectivity index (χ3v) is 5.95. The molecule has 152 valence electrons. The minimum atomic E-state index is -0.679. The monoisotopic (exact) mass is 386 g/mol. The fourth-order valence-corrected chi connectivity index (χ4v) is 4.46. The summed E-state index contributed by atoms with van der Waals surface area (Å²) >= 11 is 0. The third kappa shape index (κ3) is 4.67. The molecular formula is C22H30N2O4. The molecule has 0 radical (unpaired) electrons. The van der Waals surface area contributed by atoms with E-state index in [1.807, 2.05) is 37.3 Å². The van der Waals surface area contributed by atoms with Gasteiger partial charge < -0.3 is 15.3 Å². The van der Waals surface area contributed by atoms with Crippen LogP contribution in [0.4, 0.5) is 0 Å². The van der Waals surface area contributed by atoms with E-state index >= 15 is 0 Å². The predicted molar refractivity (Wildman–Crippen MR) is 106 cm³/mol. The Morgan fingerprint density at radius 3 is 2.43 bits per heavy atom. The summed E-state index contributed by atoms with van der Waals surface area (Å²) < 4.78 is 0. The van der Waals surface area contributed by atoms with Crippen LogP contribution in [-0.4, -0.2) is 58.3 Å². The summed E-state index contributed by atoms with van der Waals surface area (Å²) in [5.41, 5.74) is 1.16. The number of hydrogen-bond donors (Lipinski definition) is 2. The fraction of sp³-hybridized carbons (Fsp3) is 0.591. The Morgan fingerprint density at radius 2 is 1.79 bits per heavy atom. The van der Waals surface area contributed by atoms with Crippen molar-refractivity contribution in [1.29, 1.82) is 0 Å². The van der Waals surface area contributed by atoms with E-state index in [4.69, 9.17) is 0 Å². The lowest BCUT2D eigenvalue weighted by Crippen LogP contribution is -2.52. The predicted octanol–water partition coefficient (Wildman–Crippen LogP) is 1.64. The highest BCUT2D eigenvalue weighted by Gasteiger charge is 2.45. The van der Waals surface area contributed by atoms with Gasteiger partial charge in [-0.15, -0.1) is 0 Å². The largest absolute Gasteiger partial charge is 0.389 e. The SMILES string of the molecule is CC1CC[C@@H](C(=O)[C@H]2CC[C@@H](C(=O)CO)N2C(=O)CCCc2ccccc2)N1. The van der Waals surface area contributed by atoms with E-state index in [9.17, 15) is 19.5 Å². The first-order valence-corrected chi connectivity index (χ1v) is 10.3. The highest BCUT2D eigenvalue weighted by molar-refractivity contribution is 5.97. The van der Waals surface area contributed by atoms with E-state index < -0.39 is 18.7 Å². The van der Waals surface area contributed by atoms with Gasteiger partial charge in [-0.05, 0) is 51.0 Å². The van der Waals surface area contributed by atoms with E-state index in [-0.39, 0.29) is 23.5 Å². The summed E-state index contributed by atoms with van der Waals surface area (Å²) in [7, 11) is 0. The lowest BCUT2D eigenvalue weighted by molar-refractivity contribution is -0.144. The zero-order valence-electron chi connectivity index (χ0n) is 16.5. The summed E-state index contributed by atoms with van der Waals surface area (Å²) in [6.07, 6.45) is 4.38. The summed E-state index contributed by atoms with van der Waals surface area (Å²) in [6, 6.07) is 8.75. The molecule has 0 aliphatic carbocycles. The lowest BCUT2D eigenvalue weighted by atomic mass is 10.0. The number of aliphatic hydroxyl groups excluding tert-OH is 1. The van der Waals surface area contributed by atoms with Gasteiger partial charge in [0.05, 0.1) is 18.1 Å². The van der Waals surface area contributed by atoms with Crippen LogP contribution in [0.3, 0.4) is 0 Å². The van der Waals surface area contributed by atoms with Crippen molar-refractivity contribution < 1.29 is 19.5 Å². The highest BCUT2D eigenvalue weighted by atomic mass is 16.3. The van der Waals surface area contributed by atoms with Crippen molar-refractivity contribution in [3.05, 3.63) is 35.9 Å². The first kappa shape index (κ1) is 20.7. The van der Waals surface area contributed by atoms with Gasteiger partial charge in [0, 0.05) is 12.5 Å². The highest BCUT2D eigenvalue weighted by Crippen LogP contribution is 2.29. The second-order valence-corrected chi connectivity index (χ2v) is 7.97. The van der Waals surface area contributed by atoms with E-state index in [0.29, 0.717) is 31.7 Å². The van der Waals surface area contributed by atoms with Crippen LogP contribution in [0.1, 0.15) is 51.0 Å². The van der Waals surface area contributed by atoms with Crippen LogP contribution in [0.5, 0.6) is 0 Å². The molecule has 0 bridgehead atoms. The number of likely N-dealkylation sites (tertiary alicyclic amines) is 1. The summed E-state index contributed by atoms with van der Waals surface area (Å²) in [6.45, 7) is 1.45. The molecule has 1 aromatic carbocycles. The number of amides is 1. The maximum absolute atomic E-state index is 13.0. The molecule has 2 N–H and O–H groups in total. The van der Waals surface area contributed by atoms with E-state index in [0.717, 1.165) is 24.8 Å². The van der Waals surface area contributed by atoms with Crippen LogP contribution in [0, 0.1) is 0 Å². The first-order chi connectivity index (χ1) is 13.5. The molecule has 0 aromatic heterocycles. The number of ketones is 2. The number of aryl methyl sites for hydroxylation is 1. The third-order valence-electron chi connectivity index (χ3n) is 5.95. The summed E-state index contributed by atoms with van der Waals surface area (Å²) in [5.74, 6) is -0.530. The van der Waals surface area contributed by atoms with Gasteiger partial charge in [0.2, 0.25) is 5.91 Å². The van der Waals surface area contributed by atoms with E-state index in [1.165, 1.54) is 4.90 Å². The topological polar surface area (TPSA) is 86.7 Å². The molecule has 0 spiro atoms. The van der Waals surface area contributed by atoms with Gasteiger partial charge in [0.25, 0.3) is 0 Å². The molecule has 1 amide bonds. The summed E-state index contributed by atoms with van der Waals surface area (Å²) in [5, 5.41) is 12.6. The number of benzene rings is 1. The first-order valence-electron chi connectivity index (χ1n) is 10.3. The second-order valence-electron chi connectivity index (χ2n) is 7.97. The Morgan fingerprint density at radius 1 is 1.07 bits per heavy atom. The maximum atomic E-state index is 13.0. The summed E-state index contributed by atoms with van der Waals surface area (Å²) in [4.78, 5) is 39.7. The van der Waals surface area contributed by atoms with Crippen LogP contribution in [0.2, 0.25) is 0 Å². The minimum absolute atomic E-state index is 0.00833. The number of carbonyl (C=O) groups excluding carboxylic acids is 3. The van der Waals surface area contributed by atoms with Crippen molar-refractivity contribution in [2.45, 2.75) is 76.0 Å². The molecule has 6 nitrogen and oxygen atoms in total. The second kappa shape index (κ2) is 9.43. The molecule has 2 aliphatic heterocycles. The molecule has 4 atom stereocenters. The average Bonchev–Trinajstić information content (AvgIpc) is 3.34. The Hall–Kier alpha value is -2.05. The van der Waals surface area contributed by atoms with E-state index in [2.05, 4.69) is 5.32 Å². The van der Waals surface area contributed by atoms with Gasteiger partial charge in [-0.1, -0.05) is 30.3 Å². The average molecular weight is 386 g/mol. The van der Waals surface area contributed by atoms with Gasteiger partial charge in [-0.2, -0.15) is 0 Å². The van der Waals surface area contributed by atoms with Crippen LogP contribution < -0.4 is 5.32 Å². The van der Waals surface area contributed by atoms with Gasteiger partial charge >= 0.3 is 0 Å². The zero-order chi connectivity index (χ0) is 20.1. The van der Waals surface area contributed by atoms with Gasteiger partial charge in [0.15, 0.2) is 11.6 Å². The van der Waals surface area contributed by atoms with Crippen LogP contribution in [-0.2, 0) is 20.8 Å². The van der Waals surface area contributed by atoms with Gasteiger partial charge in [0.1, 0.15) is 6.61 Å². The number of Topliss-reactive ketones (excluding diaryl/α,β-unsaturated/α-hetero) is 2. The molecular weight excluding hydrogens is 356 g/mol. The molecule has 6 heteroatoms. The maximum Gasteiger partial charge on any atom is 0.223 e. The lowest BCUT2D eigenvalue weighted by Gasteiger charge is -2.30. The van der Waals surface area contributed by atoms with Crippen molar-refractivity contribution in [2.24, 2.45) is 0 Å². The fourth-order valence-electron chi connectivity index (χ4n) is 4.46. The van der Waals surface area contributed by atoms with Crippen LogP contribution in [0.15, 0.2) is 30.3 Å². The van der Waals surface area contributed by atoms with Gasteiger partial charge in [-0.25, -0.2) is 0 Å². The Labute approximate surface area is 166 Å². The minimum Gasteiger partial charge on any atom is -0.389 e. The molecule has 2 aliphatic rings. The number of hydrogen-bond acceptors (Lipinski definition) is 5. The number of aliphatic hydroxyl groups is 1. The zero-order valence-corrected chi connectivity index (χ0v) is 16.5. The Bertz CT molecular complexity index is 706. The molecule has 2 saturated heterocycles. The number of nitrogens with one attached hydrogen (secondary N) is 1. The molecule has 3 rings (SSSR count). The Kier molecular flexibility index (Phi) is 6.97. The number of carbonyl (C=O) groups is 3. The normalized spacial score (nSPS) is 27.1. The molecule has 1 aromatic rings. The molecule has 28 heavy (non-hydrogen) atoms. The van der Waals surface area contributed by atoms with Gasteiger partial charge in [-0.3, -0.25) is 14.4 Å². The van der Waals surface area contributed by atoms with Crippen molar-refractivity contribution in [1.82, 2.24) is 10.2 Å². The van der Waals surface area contributed by atoms with Crippen molar-refractivity contribution in [2.75, 3.05) is 6.61 Å². The molecule has 2 fully saturated rings. The van der Waals surface area contributed by atoms with Crippen molar-refractivity contribution in [3.8, 4) is 0 Å². The van der Waals surface area contributed by atoms with E-state index in [1.54, 1.807) is 0 Å². The molecule has 2 heterocycles. The van der Waals surface area contributed by atoms with Crippen molar-refractivity contribution in [3.63, 3.8) is 0 Å². The molecule has 1 unspecified atom stereocenters. The van der Waals surface area contributed by atoms with Crippen LogP contribution >= 0.6 is 0 Å².